The van der Waals surface area contributed by atoms with E-state index in [9.17, 15) is 9.59 Å². The summed E-state index contributed by atoms with van der Waals surface area (Å²) in [5.41, 5.74) is 2.00. The molecule has 0 atom stereocenters. The number of carbonyl (C=O) groups excluding carboxylic acids is 2. The number of hydrogen-bond acceptors (Lipinski definition) is 4. The first-order valence-corrected chi connectivity index (χ1v) is 7.60. The van der Waals surface area contributed by atoms with Crippen molar-refractivity contribution in [1.29, 1.82) is 0 Å². The number of nitrogens with one attached hydrogen (secondary N) is 1. The van der Waals surface area contributed by atoms with Gasteiger partial charge in [-0.05, 0) is 30.2 Å². The van der Waals surface area contributed by atoms with Gasteiger partial charge in [0.05, 0.1) is 7.11 Å². The molecule has 24 heavy (non-hydrogen) atoms. The highest BCUT2D eigenvalue weighted by Crippen LogP contribution is 2.30. The van der Waals surface area contributed by atoms with E-state index in [0.717, 1.165) is 18.3 Å². The average Bonchev–Trinajstić information content (AvgIpc) is 3.07. The molecule has 0 saturated carbocycles. The molecule has 1 N–H and O–H groups in total. The maximum Gasteiger partial charge on any atom is 0.287 e. The molecule has 3 rings (SSSR count). The predicted molar refractivity (Wildman–Crippen MR) is 90.6 cm³/mol. The van der Waals surface area contributed by atoms with Gasteiger partial charge in [-0.25, -0.2) is 0 Å². The molecule has 3 aromatic rings. The predicted octanol–water partition coefficient (Wildman–Crippen LogP) is 3.23. The van der Waals surface area contributed by atoms with Crippen LogP contribution in [-0.2, 0) is 6.42 Å². The molecule has 122 valence electrons. The Hall–Kier alpha value is -3.08. The second-order valence-electron chi connectivity index (χ2n) is 5.32. The molecular formula is C19H17NO4. The van der Waals surface area contributed by atoms with Crippen LogP contribution in [0.3, 0.4) is 0 Å². The zero-order chi connectivity index (χ0) is 16.9. The molecule has 0 unspecified atom stereocenters. The Morgan fingerprint density at radius 1 is 1.21 bits per heavy atom. The highest BCUT2D eigenvalue weighted by Gasteiger charge is 2.17. The van der Waals surface area contributed by atoms with Gasteiger partial charge in [-0.3, -0.25) is 9.59 Å². The zero-order valence-corrected chi connectivity index (χ0v) is 13.2. The Balaban J connectivity index is 1.76. The van der Waals surface area contributed by atoms with Gasteiger partial charge in [-0.1, -0.05) is 30.3 Å². The number of ether oxygens (including phenoxy) is 1. The molecule has 5 nitrogen and oxygen atoms in total. The molecule has 2 aromatic carbocycles. The van der Waals surface area contributed by atoms with Crippen molar-refractivity contribution in [3.63, 3.8) is 0 Å². The molecule has 1 heterocycles. The van der Waals surface area contributed by atoms with Crippen molar-refractivity contribution in [1.82, 2.24) is 5.32 Å². The third-order valence-electron chi connectivity index (χ3n) is 3.79. The molecular weight excluding hydrogens is 306 g/mol. The fourth-order valence-electron chi connectivity index (χ4n) is 2.55. The lowest BCUT2D eigenvalue weighted by Gasteiger charge is -2.03. The van der Waals surface area contributed by atoms with Crippen molar-refractivity contribution >= 4 is 23.2 Å². The second kappa shape index (κ2) is 7.00. The molecule has 0 saturated heterocycles. The number of benzene rings is 2. The van der Waals surface area contributed by atoms with E-state index in [1.54, 1.807) is 18.2 Å². The summed E-state index contributed by atoms with van der Waals surface area (Å²) in [6, 6.07) is 14.7. The van der Waals surface area contributed by atoms with Gasteiger partial charge in [-0.15, -0.1) is 0 Å². The molecule has 0 aliphatic carbocycles. The summed E-state index contributed by atoms with van der Waals surface area (Å²) < 4.78 is 10.8. The minimum absolute atomic E-state index is 0.158. The van der Waals surface area contributed by atoms with Crippen LogP contribution in [0.15, 0.2) is 52.9 Å². The van der Waals surface area contributed by atoms with Gasteiger partial charge in [0.2, 0.25) is 0 Å². The van der Waals surface area contributed by atoms with E-state index in [4.69, 9.17) is 9.15 Å². The van der Waals surface area contributed by atoms with Crippen molar-refractivity contribution in [2.24, 2.45) is 0 Å². The molecule has 0 bridgehead atoms. The van der Waals surface area contributed by atoms with Crippen LogP contribution in [-0.4, -0.2) is 25.8 Å². The monoisotopic (exact) mass is 323 g/mol. The first-order chi connectivity index (χ1) is 11.7. The Morgan fingerprint density at radius 3 is 2.71 bits per heavy atom. The van der Waals surface area contributed by atoms with Crippen LogP contribution in [0.4, 0.5) is 0 Å². The third-order valence-corrected chi connectivity index (χ3v) is 3.79. The van der Waals surface area contributed by atoms with Crippen LogP contribution < -0.4 is 10.1 Å². The Bertz CT molecular complexity index is 868. The number of methoxy groups -OCH3 is 1. The number of aldehydes is 1. The Kier molecular flexibility index (Phi) is 4.61. The average molecular weight is 323 g/mol. The summed E-state index contributed by atoms with van der Waals surface area (Å²) >= 11 is 0. The first kappa shape index (κ1) is 15.8. The fourth-order valence-corrected chi connectivity index (χ4v) is 2.55. The molecule has 0 radical (unpaired) electrons. The summed E-state index contributed by atoms with van der Waals surface area (Å²) in [6.45, 7) is 0.498. The van der Waals surface area contributed by atoms with E-state index < -0.39 is 0 Å². The van der Waals surface area contributed by atoms with Crippen LogP contribution in [0.1, 0.15) is 26.5 Å². The molecule has 0 aliphatic heterocycles. The summed E-state index contributed by atoms with van der Waals surface area (Å²) in [5.74, 6) is 0.325. The summed E-state index contributed by atoms with van der Waals surface area (Å²) in [7, 11) is 1.51. The summed E-state index contributed by atoms with van der Waals surface area (Å²) in [5, 5.41) is 3.39. The zero-order valence-electron chi connectivity index (χ0n) is 13.2. The smallest absolute Gasteiger partial charge is 0.287 e. The fraction of sp³-hybridized carbons (Fsp3) is 0.158. The minimum atomic E-state index is -0.318. The highest BCUT2D eigenvalue weighted by atomic mass is 16.5. The van der Waals surface area contributed by atoms with Crippen molar-refractivity contribution in [3.8, 4) is 5.75 Å². The van der Waals surface area contributed by atoms with Crippen molar-refractivity contribution in [3.05, 3.63) is 65.4 Å². The maximum absolute atomic E-state index is 12.3. The topological polar surface area (TPSA) is 68.5 Å². The van der Waals surface area contributed by atoms with Crippen molar-refractivity contribution in [2.45, 2.75) is 6.42 Å². The van der Waals surface area contributed by atoms with E-state index in [0.29, 0.717) is 28.8 Å². The molecule has 5 heteroatoms. The quantitative estimate of drug-likeness (QED) is 0.707. The lowest BCUT2D eigenvalue weighted by Crippen LogP contribution is -2.25. The molecule has 0 spiro atoms. The van der Waals surface area contributed by atoms with E-state index >= 15 is 0 Å². The van der Waals surface area contributed by atoms with Crippen LogP contribution in [0.5, 0.6) is 5.75 Å². The maximum atomic E-state index is 12.3. The number of amides is 1. The van der Waals surface area contributed by atoms with Gasteiger partial charge in [0, 0.05) is 17.5 Å². The normalized spacial score (nSPS) is 10.5. The SMILES string of the molecule is COc1ccc(C=O)c2cc(C(=O)NCCc3ccccc3)oc12. The van der Waals surface area contributed by atoms with Gasteiger partial charge in [0.1, 0.15) is 0 Å². The molecule has 0 fully saturated rings. The van der Waals surface area contributed by atoms with E-state index in [1.165, 1.54) is 7.11 Å². The lowest BCUT2D eigenvalue weighted by atomic mass is 10.1. The van der Waals surface area contributed by atoms with E-state index in [2.05, 4.69) is 5.32 Å². The van der Waals surface area contributed by atoms with Crippen molar-refractivity contribution < 1.29 is 18.7 Å². The highest BCUT2D eigenvalue weighted by molar-refractivity contribution is 6.03. The van der Waals surface area contributed by atoms with Gasteiger partial charge in [-0.2, -0.15) is 0 Å². The standard InChI is InChI=1S/C19H17NO4/c1-23-16-8-7-14(12-21)15-11-17(24-18(15)16)19(22)20-10-9-13-5-3-2-4-6-13/h2-8,11-12H,9-10H2,1H3,(H,20,22). The largest absolute Gasteiger partial charge is 0.493 e. The minimum Gasteiger partial charge on any atom is -0.493 e. The van der Waals surface area contributed by atoms with Gasteiger partial charge < -0.3 is 14.5 Å². The van der Waals surface area contributed by atoms with Gasteiger partial charge >= 0.3 is 0 Å². The Labute approximate surface area is 139 Å². The van der Waals surface area contributed by atoms with E-state index in [1.807, 2.05) is 30.3 Å². The summed E-state index contributed by atoms with van der Waals surface area (Å²) in [6.07, 6.45) is 1.46. The number of fused-ring (bicyclic) bond motifs is 1. The van der Waals surface area contributed by atoms with Crippen LogP contribution in [0.25, 0.3) is 11.0 Å². The van der Waals surface area contributed by atoms with E-state index in [-0.39, 0.29) is 11.7 Å². The van der Waals surface area contributed by atoms with Crippen LogP contribution in [0, 0.1) is 0 Å². The van der Waals surface area contributed by atoms with Crippen LogP contribution >= 0.6 is 0 Å². The third kappa shape index (κ3) is 3.15. The number of furan rings is 1. The molecule has 1 amide bonds. The lowest BCUT2D eigenvalue weighted by molar-refractivity contribution is 0.0928. The second-order valence-corrected chi connectivity index (χ2v) is 5.32. The first-order valence-electron chi connectivity index (χ1n) is 7.60. The van der Waals surface area contributed by atoms with Gasteiger partial charge in [0.15, 0.2) is 23.4 Å². The molecule has 1 aromatic heterocycles. The van der Waals surface area contributed by atoms with Gasteiger partial charge in [0.25, 0.3) is 5.91 Å². The number of carbonyl (C=O) groups is 2. The van der Waals surface area contributed by atoms with Crippen molar-refractivity contribution in [2.75, 3.05) is 13.7 Å². The number of hydrogen-bond donors (Lipinski definition) is 1. The van der Waals surface area contributed by atoms with Crippen LogP contribution in [0.2, 0.25) is 0 Å². The Morgan fingerprint density at radius 2 is 2.00 bits per heavy atom. The summed E-state index contributed by atoms with van der Waals surface area (Å²) in [4.78, 5) is 23.4. The molecule has 0 aliphatic rings. The number of rotatable bonds is 6.